The SMILES string of the molecule is CNC(=O)CS(=O)(=O)C1CCN(C(=O)CN2C(=O)c3ccccc3C2=O)CC1. The van der Waals surface area contributed by atoms with Crippen molar-refractivity contribution in [1.82, 2.24) is 15.1 Å². The molecule has 0 bridgehead atoms. The summed E-state index contributed by atoms with van der Waals surface area (Å²) in [6.07, 6.45) is 0.431. The van der Waals surface area contributed by atoms with Gasteiger partial charge in [0.15, 0.2) is 9.84 Å². The van der Waals surface area contributed by atoms with Crippen LogP contribution in [0.5, 0.6) is 0 Å². The first-order chi connectivity index (χ1) is 13.2. The molecule has 9 nitrogen and oxygen atoms in total. The summed E-state index contributed by atoms with van der Waals surface area (Å²) >= 11 is 0. The van der Waals surface area contributed by atoms with E-state index in [9.17, 15) is 27.6 Å². The fourth-order valence-corrected chi connectivity index (χ4v) is 5.13. The van der Waals surface area contributed by atoms with E-state index >= 15 is 0 Å². The number of likely N-dealkylation sites (tertiary alicyclic amines) is 1. The summed E-state index contributed by atoms with van der Waals surface area (Å²) in [7, 11) is -2.22. The Morgan fingerprint density at radius 1 is 1.07 bits per heavy atom. The average molecular weight is 407 g/mol. The Labute approximate surface area is 162 Å². The van der Waals surface area contributed by atoms with Gasteiger partial charge in [-0.05, 0) is 25.0 Å². The average Bonchev–Trinajstić information content (AvgIpc) is 2.93. The van der Waals surface area contributed by atoms with Gasteiger partial charge in [0.05, 0.1) is 16.4 Å². The van der Waals surface area contributed by atoms with Gasteiger partial charge in [-0.15, -0.1) is 0 Å². The number of hydrogen-bond donors (Lipinski definition) is 1. The van der Waals surface area contributed by atoms with E-state index in [1.807, 2.05) is 0 Å². The second-order valence-electron chi connectivity index (χ2n) is 6.80. The number of amides is 4. The summed E-state index contributed by atoms with van der Waals surface area (Å²) in [4.78, 5) is 51.0. The number of rotatable bonds is 5. The number of carbonyl (C=O) groups is 4. The summed E-state index contributed by atoms with van der Waals surface area (Å²) in [6, 6.07) is 6.39. The minimum atomic E-state index is -3.59. The molecule has 1 aromatic rings. The van der Waals surface area contributed by atoms with Gasteiger partial charge in [-0.25, -0.2) is 8.42 Å². The van der Waals surface area contributed by atoms with E-state index in [0.29, 0.717) is 0 Å². The third-order valence-electron chi connectivity index (χ3n) is 5.09. The third-order valence-corrected chi connectivity index (χ3v) is 7.24. The van der Waals surface area contributed by atoms with E-state index in [1.165, 1.54) is 11.9 Å². The van der Waals surface area contributed by atoms with Crippen molar-refractivity contribution >= 4 is 33.5 Å². The summed E-state index contributed by atoms with van der Waals surface area (Å²) < 4.78 is 24.5. The molecule has 28 heavy (non-hydrogen) atoms. The summed E-state index contributed by atoms with van der Waals surface area (Å²) in [5.74, 6) is -2.55. The lowest BCUT2D eigenvalue weighted by Gasteiger charge is -2.32. The molecule has 3 rings (SSSR count). The molecule has 0 spiro atoms. The Morgan fingerprint density at radius 3 is 2.11 bits per heavy atom. The maximum Gasteiger partial charge on any atom is 0.262 e. The van der Waals surface area contributed by atoms with Crippen molar-refractivity contribution in [1.29, 1.82) is 0 Å². The molecule has 1 saturated heterocycles. The van der Waals surface area contributed by atoms with Crippen LogP contribution >= 0.6 is 0 Å². The number of imide groups is 1. The first-order valence-corrected chi connectivity index (χ1v) is 10.6. The standard InChI is InChI=1S/C18H21N3O6S/c1-19-15(22)11-28(26,27)12-6-8-20(9-7-12)16(23)10-21-17(24)13-4-2-3-5-14(13)18(21)25/h2-5,12H,6-11H2,1H3,(H,19,22). The number of nitrogens with zero attached hydrogens (tertiary/aromatic N) is 2. The highest BCUT2D eigenvalue weighted by molar-refractivity contribution is 7.92. The number of nitrogens with one attached hydrogen (secondary N) is 1. The smallest absolute Gasteiger partial charge is 0.262 e. The lowest BCUT2D eigenvalue weighted by molar-refractivity contribution is -0.132. The second kappa shape index (κ2) is 7.70. The predicted molar refractivity (Wildman–Crippen MR) is 99.3 cm³/mol. The van der Waals surface area contributed by atoms with Gasteiger partial charge < -0.3 is 10.2 Å². The first kappa shape index (κ1) is 20.0. The zero-order valence-electron chi connectivity index (χ0n) is 15.4. The molecule has 150 valence electrons. The molecule has 4 amide bonds. The number of sulfone groups is 1. The van der Waals surface area contributed by atoms with Crippen molar-refractivity contribution in [3.63, 3.8) is 0 Å². The lowest BCUT2D eigenvalue weighted by atomic mass is 10.1. The maximum absolute atomic E-state index is 12.5. The second-order valence-corrected chi connectivity index (χ2v) is 9.08. The molecule has 0 unspecified atom stereocenters. The molecule has 0 aromatic heterocycles. The molecule has 0 aliphatic carbocycles. The van der Waals surface area contributed by atoms with E-state index in [0.717, 1.165) is 4.90 Å². The van der Waals surface area contributed by atoms with Crippen molar-refractivity contribution in [2.45, 2.75) is 18.1 Å². The Kier molecular flexibility index (Phi) is 5.50. The quantitative estimate of drug-likeness (QED) is 0.653. The fraction of sp³-hybridized carbons (Fsp3) is 0.444. The Bertz CT molecular complexity index is 899. The highest BCUT2D eigenvalue weighted by Gasteiger charge is 2.38. The molecule has 2 heterocycles. The van der Waals surface area contributed by atoms with Crippen LogP contribution in [0.4, 0.5) is 0 Å². The molecular formula is C18H21N3O6S. The van der Waals surface area contributed by atoms with Gasteiger partial charge in [-0.2, -0.15) is 0 Å². The molecular weight excluding hydrogens is 386 g/mol. The molecule has 1 aromatic carbocycles. The minimum Gasteiger partial charge on any atom is -0.358 e. The van der Waals surface area contributed by atoms with Crippen LogP contribution in [0.15, 0.2) is 24.3 Å². The number of fused-ring (bicyclic) bond motifs is 1. The fourth-order valence-electron chi connectivity index (χ4n) is 3.46. The van der Waals surface area contributed by atoms with Gasteiger partial charge in [0.2, 0.25) is 11.8 Å². The normalized spacial score (nSPS) is 17.6. The van der Waals surface area contributed by atoms with Crippen molar-refractivity contribution in [2.24, 2.45) is 0 Å². The summed E-state index contributed by atoms with van der Waals surface area (Å²) in [5, 5.41) is 1.60. The predicted octanol–water partition coefficient (Wildman–Crippen LogP) is -0.566. The Hall–Kier alpha value is -2.75. The van der Waals surface area contributed by atoms with Crippen LogP contribution in [-0.2, 0) is 19.4 Å². The summed E-state index contributed by atoms with van der Waals surface area (Å²) in [6.45, 7) is 0.0152. The van der Waals surface area contributed by atoms with E-state index < -0.39 is 44.5 Å². The number of hydrogen-bond acceptors (Lipinski definition) is 6. The molecule has 0 radical (unpaired) electrons. The Balaban J connectivity index is 1.59. The largest absolute Gasteiger partial charge is 0.358 e. The monoisotopic (exact) mass is 407 g/mol. The van der Waals surface area contributed by atoms with E-state index in [2.05, 4.69) is 5.32 Å². The summed E-state index contributed by atoms with van der Waals surface area (Å²) in [5.41, 5.74) is 0.554. The van der Waals surface area contributed by atoms with Gasteiger partial charge in [-0.1, -0.05) is 12.1 Å². The molecule has 2 aliphatic rings. The lowest BCUT2D eigenvalue weighted by Crippen LogP contribution is -2.48. The first-order valence-electron chi connectivity index (χ1n) is 8.89. The van der Waals surface area contributed by atoms with Crippen LogP contribution in [0.2, 0.25) is 0 Å². The van der Waals surface area contributed by atoms with Crippen LogP contribution in [0.25, 0.3) is 0 Å². The molecule has 1 N–H and O–H groups in total. The van der Waals surface area contributed by atoms with E-state index in [1.54, 1.807) is 24.3 Å². The molecule has 0 atom stereocenters. The molecule has 10 heteroatoms. The van der Waals surface area contributed by atoms with Gasteiger partial charge in [0.1, 0.15) is 12.3 Å². The highest BCUT2D eigenvalue weighted by atomic mass is 32.2. The zero-order valence-corrected chi connectivity index (χ0v) is 16.2. The van der Waals surface area contributed by atoms with Crippen molar-refractivity contribution in [3.8, 4) is 0 Å². The van der Waals surface area contributed by atoms with Gasteiger partial charge in [0, 0.05) is 20.1 Å². The third kappa shape index (κ3) is 3.77. The number of carbonyl (C=O) groups excluding carboxylic acids is 4. The molecule has 0 saturated carbocycles. The van der Waals surface area contributed by atoms with E-state index in [-0.39, 0.29) is 43.6 Å². The van der Waals surface area contributed by atoms with Crippen LogP contribution in [0.1, 0.15) is 33.6 Å². The van der Waals surface area contributed by atoms with Crippen LogP contribution < -0.4 is 5.32 Å². The van der Waals surface area contributed by atoms with Crippen LogP contribution in [0, 0.1) is 0 Å². The number of piperidine rings is 1. The minimum absolute atomic E-state index is 0.194. The van der Waals surface area contributed by atoms with Crippen LogP contribution in [0.3, 0.4) is 0 Å². The van der Waals surface area contributed by atoms with Gasteiger partial charge in [0.25, 0.3) is 11.8 Å². The van der Waals surface area contributed by atoms with Crippen molar-refractivity contribution < 1.29 is 27.6 Å². The van der Waals surface area contributed by atoms with Crippen molar-refractivity contribution in [3.05, 3.63) is 35.4 Å². The Morgan fingerprint density at radius 2 is 1.61 bits per heavy atom. The van der Waals surface area contributed by atoms with Gasteiger partial charge in [-0.3, -0.25) is 24.1 Å². The molecule has 1 fully saturated rings. The van der Waals surface area contributed by atoms with Crippen molar-refractivity contribution in [2.75, 3.05) is 32.4 Å². The topological polar surface area (TPSA) is 121 Å². The van der Waals surface area contributed by atoms with Gasteiger partial charge >= 0.3 is 0 Å². The van der Waals surface area contributed by atoms with E-state index in [4.69, 9.17) is 0 Å². The zero-order chi connectivity index (χ0) is 20.5. The number of benzene rings is 1. The van der Waals surface area contributed by atoms with Crippen LogP contribution in [-0.4, -0.2) is 79.5 Å². The highest BCUT2D eigenvalue weighted by Crippen LogP contribution is 2.23. The maximum atomic E-state index is 12.5. The molecule has 2 aliphatic heterocycles.